The molecular weight excluding hydrogens is 801 g/mol. The molecule has 11 atom stereocenters. The molecule has 0 spiro atoms. The Morgan fingerprint density at radius 3 is 2.62 bits per heavy atom. The number of nitrogens with one attached hydrogen (secondary N) is 2. The Kier molecular flexibility index (Phi) is 16.7. The summed E-state index contributed by atoms with van der Waals surface area (Å²) >= 11 is 0. The fourth-order valence-electron chi connectivity index (χ4n) is 7.54. The van der Waals surface area contributed by atoms with E-state index in [1.807, 2.05) is 0 Å². The Bertz CT molecular complexity index is 1620. The number of hydrogen-bond donors (Lipinski definition) is 10. The number of quaternary nitrogens is 1. The number of aliphatic imine (C=N–C) groups is 1. The number of aliphatic hydroxyl groups is 6. The minimum atomic E-state index is -2.92. The van der Waals surface area contributed by atoms with Crippen LogP contribution in [0.5, 0.6) is 0 Å². The van der Waals surface area contributed by atoms with Gasteiger partial charge in [-0.05, 0) is 39.5 Å². The number of aliphatic carboxylic acids is 1. The smallest absolute Gasteiger partial charge is 0.343 e. The van der Waals surface area contributed by atoms with Crippen LogP contribution in [0.1, 0.15) is 39.5 Å². The summed E-state index contributed by atoms with van der Waals surface area (Å²) in [6.45, 7) is 6.50. The molecule has 11 N–H and O–H groups in total. The van der Waals surface area contributed by atoms with E-state index in [1.165, 1.54) is 18.5 Å². The summed E-state index contributed by atoms with van der Waals surface area (Å²) in [4.78, 5) is 31.9. The molecule has 4 aliphatic heterocycles. The van der Waals surface area contributed by atoms with Crippen LogP contribution in [0.4, 0.5) is 0 Å². The average molecular weight is 858 g/mol. The molecule has 4 heterocycles. The molecule has 0 radical (unpaired) electrons. The van der Waals surface area contributed by atoms with Crippen LogP contribution in [0.25, 0.3) is 0 Å². The summed E-state index contributed by atoms with van der Waals surface area (Å²) in [5, 5.41) is 75.8. The van der Waals surface area contributed by atoms with E-state index in [9.17, 15) is 45.3 Å². The van der Waals surface area contributed by atoms with E-state index in [-0.39, 0.29) is 61.1 Å². The van der Waals surface area contributed by atoms with Gasteiger partial charge >= 0.3 is 11.9 Å². The van der Waals surface area contributed by atoms with Gasteiger partial charge in [0.05, 0.1) is 48.5 Å². The van der Waals surface area contributed by atoms with E-state index >= 15 is 0 Å². The lowest BCUT2D eigenvalue weighted by Gasteiger charge is -2.48. The van der Waals surface area contributed by atoms with Crippen molar-refractivity contribution in [3.8, 4) is 0 Å². The van der Waals surface area contributed by atoms with E-state index in [0.717, 1.165) is 12.8 Å². The van der Waals surface area contributed by atoms with Crippen molar-refractivity contribution < 1.29 is 73.9 Å². The Morgan fingerprint density at radius 1 is 1.19 bits per heavy atom. The molecule has 20 heteroatoms. The number of carboxylic acids is 1. The third-order valence-corrected chi connectivity index (χ3v) is 13.3. The zero-order chi connectivity index (χ0) is 42.1. The van der Waals surface area contributed by atoms with Crippen LogP contribution in [0.15, 0.2) is 64.7 Å². The number of allylic oxidation sites excluding steroid dienone is 1. The molecule has 2 fully saturated rings. The molecule has 5 aliphatic rings. The van der Waals surface area contributed by atoms with Gasteiger partial charge in [0.15, 0.2) is 18.4 Å². The van der Waals surface area contributed by atoms with Crippen molar-refractivity contribution in [3.63, 3.8) is 0 Å². The summed E-state index contributed by atoms with van der Waals surface area (Å²) in [5.41, 5.74) is 6.75. The van der Waals surface area contributed by atoms with E-state index < -0.39 is 79.2 Å². The van der Waals surface area contributed by atoms with Crippen LogP contribution in [-0.4, -0.2) is 153 Å². The molecule has 1 saturated carbocycles. The number of ether oxygens (including phenoxy) is 5. The Balaban J connectivity index is 1.60. The fourth-order valence-corrected chi connectivity index (χ4v) is 10.4. The summed E-state index contributed by atoms with van der Waals surface area (Å²) < 4.78 is 30.0. The van der Waals surface area contributed by atoms with Gasteiger partial charge in [-0.2, -0.15) is 0 Å². The molecule has 2 bridgehead atoms. The summed E-state index contributed by atoms with van der Waals surface area (Å²) in [7, 11) is 3.17. The number of esters is 1. The number of rotatable bonds is 12. The highest BCUT2D eigenvalue weighted by Crippen LogP contribution is 2.40. The van der Waals surface area contributed by atoms with Crippen molar-refractivity contribution in [1.82, 2.24) is 5.32 Å². The van der Waals surface area contributed by atoms with E-state index in [2.05, 4.69) is 16.9 Å². The summed E-state index contributed by atoms with van der Waals surface area (Å²) in [6.07, 6.45) is 1.26. The second-order valence-electron chi connectivity index (χ2n) is 15.0. The minimum absolute atomic E-state index is 0.0780. The van der Waals surface area contributed by atoms with Gasteiger partial charge < -0.3 is 70.5 Å². The maximum atomic E-state index is 14.1. The number of carboxylic acid groups (broad SMARTS) is 1. The zero-order valence-electron chi connectivity index (χ0n) is 32.6. The molecule has 0 aromatic carbocycles. The van der Waals surface area contributed by atoms with Gasteiger partial charge in [-0.15, -0.1) is 6.58 Å². The van der Waals surface area contributed by atoms with Crippen LogP contribution in [-0.2, 0) is 33.3 Å². The molecular formula is C38H57N4O14S2+. The van der Waals surface area contributed by atoms with E-state index in [0.29, 0.717) is 34.8 Å². The number of nitrogens with zero attached hydrogens (tertiary/aromatic N) is 1. The monoisotopic (exact) mass is 857 g/mol. The first-order valence-corrected chi connectivity index (χ1v) is 21.9. The van der Waals surface area contributed by atoms with Crippen LogP contribution in [0.2, 0.25) is 0 Å². The van der Waals surface area contributed by atoms with E-state index in [4.69, 9.17) is 29.4 Å². The van der Waals surface area contributed by atoms with Crippen molar-refractivity contribution in [2.75, 3.05) is 44.4 Å². The predicted octanol–water partition coefficient (Wildman–Crippen LogP) is -1.35. The number of carbonyl (C=O) groups is 2. The van der Waals surface area contributed by atoms with Crippen molar-refractivity contribution in [3.05, 3.63) is 59.7 Å². The first-order chi connectivity index (χ1) is 27.7. The number of fused-ring (bicyclic) bond motifs is 4. The third-order valence-electron chi connectivity index (χ3n) is 10.7. The number of guanidine groups is 1. The van der Waals surface area contributed by atoms with Gasteiger partial charge in [0.25, 0.3) is 0 Å². The van der Waals surface area contributed by atoms with Gasteiger partial charge in [0.2, 0.25) is 12.1 Å². The van der Waals surface area contributed by atoms with Crippen LogP contribution >= 0.6 is 21.6 Å². The lowest BCUT2D eigenvalue weighted by atomic mass is 9.83. The molecule has 1 saturated heterocycles. The minimum Gasteiger partial charge on any atom is -0.477 e. The summed E-state index contributed by atoms with van der Waals surface area (Å²) in [6, 6.07) is -0.391. The fraction of sp³-hybridized carbons (Fsp3) is 0.658. The molecule has 18 nitrogen and oxygen atoms in total. The largest absolute Gasteiger partial charge is 0.477 e. The SMILES string of the molecule is C=CC1C(OC2OC(CO)C(O)C(O)(O)C2OC(C)C)OC=C2C(=O)OC3CCCC3CSSCC(CO)[NH+]3C=C(C(=O)O)C(NC(N)=NCCCO)=C(C=CC21)C3. The standard InChI is InChI=1S/C38H56N4O14S2/c1-4-24-25-10-9-21-13-42(14-26(33(47)48)30(21)41-37(39)40-11-6-12-43)23(15-44)19-58-57-18-22-7-5-8-28(22)54-34(49)27(25)17-52-35(24)56-36-32(53-20(2)3)38(50,51)31(46)29(16-45)55-36/h4,9-10,14,17,20,22-25,28-29,31-32,35-36,43-46,50-51H,1,5-8,11-13,15-16,18-19H2,2-3H3,(H,47,48)(H3,39,40,41)/p+1. The molecule has 1 aliphatic carbocycles. The number of nitrogens with two attached hydrogens (primary N) is 1. The van der Waals surface area contributed by atoms with Gasteiger partial charge in [-0.25, -0.2) is 9.59 Å². The third kappa shape index (κ3) is 10.8. The molecule has 5 rings (SSSR count). The normalized spacial score (nSPS) is 34.6. The highest BCUT2D eigenvalue weighted by atomic mass is 33.1. The van der Waals surface area contributed by atoms with Gasteiger partial charge in [-0.3, -0.25) is 9.89 Å². The lowest BCUT2D eigenvalue weighted by Crippen LogP contribution is -3.13. The highest BCUT2D eigenvalue weighted by Gasteiger charge is 2.57. The number of aliphatic hydroxyl groups excluding tert-OH is 4. The molecule has 0 amide bonds. The first-order valence-electron chi connectivity index (χ1n) is 19.4. The van der Waals surface area contributed by atoms with Gasteiger partial charge in [0.1, 0.15) is 42.7 Å². The molecule has 58 heavy (non-hydrogen) atoms. The second kappa shape index (κ2) is 21.0. The van der Waals surface area contributed by atoms with Crippen molar-refractivity contribution in [1.29, 1.82) is 0 Å². The topological polar surface area (TPSA) is 277 Å². The van der Waals surface area contributed by atoms with Crippen molar-refractivity contribution >= 4 is 39.5 Å². The zero-order valence-corrected chi connectivity index (χ0v) is 34.2. The van der Waals surface area contributed by atoms with Crippen LogP contribution in [0.3, 0.4) is 0 Å². The van der Waals surface area contributed by atoms with Crippen LogP contribution in [0, 0.1) is 17.8 Å². The Hall–Kier alpha value is -2.99. The van der Waals surface area contributed by atoms with Crippen molar-refractivity contribution in [2.24, 2.45) is 28.5 Å². The maximum absolute atomic E-state index is 14.1. The predicted molar refractivity (Wildman–Crippen MR) is 212 cm³/mol. The Morgan fingerprint density at radius 2 is 1.95 bits per heavy atom. The summed E-state index contributed by atoms with van der Waals surface area (Å²) in [5.74, 6) is -5.45. The Labute approximate surface area is 344 Å². The van der Waals surface area contributed by atoms with E-state index in [1.54, 1.807) is 47.6 Å². The molecule has 11 unspecified atom stereocenters. The maximum Gasteiger partial charge on any atom is 0.343 e. The first kappa shape index (κ1) is 46.1. The molecule has 0 aromatic heterocycles. The van der Waals surface area contributed by atoms with Crippen LogP contribution < -0.4 is 16.0 Å². The average Bonchev–Trinajstić information content (AvgIpc) is 3.63. The highest BCUT2D eigenvalue weighted by molar-refractivity contribution is 8.76. The van der Waals surface area contributed by atoms with Crippen molar-refractivity contribution in [2.45, 2.75) is 94.5 Å². The molecule has 0 aromatic rings. The number of hydrogen-bond acceptors (Lipinski definition) is 16. The quantitative estimate of drug-likeness (QED) is 0.0207. The second-order valence-corrected chi connectivity index (χ2v) is 17.6. The van der Waals surface area contributed by atoms with Gasteiger partial charge in [-0.1, -0.05) is 39.8 Å². The lowest BCUT2D eigenvalue weighted by molar-refractivity contribution is -0.867. The van der Waals surface area contributed by atoms with Gasteiger partial charge in [0, 0.05) is 36.3 Å². The number of carbonyl (C=O) groups excluding carboxylic acids is 1. The molecule has 324 valence electrons.